The minimum atomic E-state index is -0.614. The molecule has 0 aromatic carbocycles. The Morgan fingerprint density at radius 3 is 2.56 bits per heavy atom. The number of carbonyl (C=O) groups excluding carboxylic acids is 1. The van der Waals surface area contributed by atoms with Crippen molar-refractivity contribution in [2.75, 3.05) is 19.8 Å². The molecule has 1 N–H and O–H groups in total. The van der Waals surface area contributed by atoms with Gasteiger partial charge in [0, 0.05) is 12.6 Å². The zero-order valence-corrected chi connectivity index (χ0v) is 9.73. The predicted molar refractivity (Wildman–Crippen MR) is 60.0 cm³/mol. The van der Waals surface area contributed by atoms with Gasteiger partial charge in [-0.15, -0.1) is 0 Å². The first-order valence-electron chi connectivity index (χ1n) is 6.36. The lowest BCUT2D eigenvalue weighted by Crippen LogP contribution is -2.53. The van der Waals surface area contributed by atoms with Gasteiger partial charge in [-0.2, -0.15) is 0 Å². The van der Waals surface area contributed by atoms with Gasteiger partial charge in [0.2, 0.25) is 0 Å². The number of nitrogens with zero attached hydrogens (tertiary/aromatic N) is 1. The van der Waals surface area contributed by atoms with Crippen molar-refractivity contribution in [3.05, 3.63) is 0 Å². The van der Waals surface area contributed by atoms with Crippen LogP contribution in [0.5, 0.6) is 0 Å². The first-order chi connectivity index (χ1) is 7.83. The van der Waals surface area contributed by atoms with Crippen LogP contribution in [-0.2, 0) is 9.53 Å². The zero-order chi connectivity index (χ0) is 11.4. The molecule has 4 nitrogen and oxygen atoms in total. The summed E-state index contributed by atoms with van der Waals surface area (Å²) in [7, 11) is 0. The molecule has 2 fully saturated rings. The van der Waals surface area contributed by atoms with Gasteiger partial charge in [-0.3, -0.25) is 4.79 Å². The summed E-state index contributed by atoms with van der Waals surface area (Å²) < 4.78 is 5.25. The predicted octanol–water partition coefficient (Wildman–Crippen LogP) is 0.929. The van der Waals surface area contributed by atoms with Gasteiger partial charge < -0.3 is 14.7 Å². The maximum Gasteiger partial charge on any atom is 0.254 e. The number of hydrogen-bond donors (Lipinski definition) is 1. The Balaban J connectivity index is 1.98. The minimum absolute atomic E-state index is 0.0133. The smallest absolute Gasteiger partial charge is 0.254 e. The Morgan fingerprint density at radius 1 is 1.25 bits per heavy atom. The number of aliphatic hydroxyl groups is 1. The van der Waals surface area contributed by atoms with Crippen LogP contribution in [0.1, 0.15) is 38.5 Å². The van der Waals surface area contributed by atoms with Crippen molar-refractivity contribution in [3.63, 3.8) is 0 Å². The van der Waals surface area contributed by atoms with Crippen molar-refractivity contribution in [1.29, 1.82) is 0 Å². The normalized spacial score (nSPS) is 29.2. The lowest BCUT2D eigenvalue weighted by atomic mass is 10.1. The van der Waals surface area contributed by atoms with E-state index < -0.39 is 6.10 Å². The van der Waals surface area contributed by atoms with Gasteiger partial charge in [0.25, 0.3) is 5.91 Å². The standard InChI is InChI=1S/C12H21NO3/c14-9-11-12(15)13(7-8-16-11)10-5-3-1-2-4-6-10/h10-11,14H,1-9H2. The largest absolute Gasteiger partial charge is 0.393 e. The second-order valence-electron chi connectivity index (χ2n) is 4.72. The number of hydrogen-bond acceptors (Lipinski definition) is 3. The molecule has 1 amide bonds. The van der Waals surface area contributed by atoms with Gasteiger partial charge in [-0.05, 0) is 12.8 Å². The molecule has 2 aliphatic rings. The Labute approximate surface area is 96.6 Å². The Bertz CT molecular complexity index is 236. The third kappa shape index (κ3) is 2.55. The molecule has 1 saturated carbocycles. The third-order valence-corrected chi connectivity index (χ3v) is 3.64. The van der Waals surface area contributed by atoms with Gasteiger partial charge in [-0.25, -0.2) is 0 Å². The zero-order valence-electron chi connectivity index (χ0n) is 9.73. The molecular weight excluding hydrogens is 206 g/mol. The van der Waals surface area contributed by atoms with Crippen LogP contribution in [0.4, 0.5) is 0 Å². The average Bonchev–Trinajstić information content (AvgIpc) is 2.58. The molecule has 0 aromatic heterocycles. The highest BCUT2D eigenvalue weighted by Crippen LogP contribution is 2.24. The lowest BCUT2D eigenvalue weighted by molar-refractivity contribution is -0.159. The minimum Gasteiger partial charge on any atom is -0.393 e. The Kier molecular flexibility index (Phi) is 4.18. The Morgan fingerprint density at radius 2 is 1.94 bits per heavy atom. The number of aliphatic hydroxyl groups excluding tert-OH is 1. The number of amides is 1. The molecular formula is C12H21NO3. The molecule has 4 heteroatoms. The van der Waals surface area contributed by atoms with E-state index in [-0.39, 0.29) is 12.5 Å². The molecule has 0 spiro atoms. The van der Waals surface area contributed by atoms with Crippen LogP contribution in [0.25, 0.3) is 0 Å². The van der Waals surface area contributed by atoms with E-state index in [4.69, 9.17) is 9.84 Å². The van der Waals surface area contributed by atoms with Gasteiger partial charge >= 0.3 is 0 Å². The van der Waals surface area contributed by atoms with Gasteiger partial charge in [0.05, 0.1) is 13.2 Å². The van der Waals surface area contributed by atoms with Crippen LogP contribution in [0, 0.1) is 0 Å². The van der Waals surface area contributed by atoms with Crippen molar-refractivity contribution in [1.82, 2.24) is 4.90 Å². The first kappa shape index (κ1) is 11.9. The molecule has 16 heavy (non-hydrogen) atoms. The van der Waals surface area contributed by atoms with Crippen LogP contribution < -0.4 is 0 Å². The molecule has 1 atom stereocenters. The quantitative estimate of drug-likeness (QED) is 0.714. The van der Waals surface area contributed by atoms with Gasteiger partial charge in [-0.1, -0.05) is 25.7 Å². The molecule has 0 radical (unpaired) electrons. The highest BCUT2D eigenvalue weighted by Gasteiger charge is 2.33. The summed E-state index contributed by atoms with van der Waals surface area (Å²) in [4.78, 5) is 13.9. The maximum atomic E-state index is 12.0. The van der Waals surface area contributed by atoms with Crippen LogP contribution in [-0.4, -0.2) is 47.8 Å². The SMILES string of the molecule is O=C1C(CO)OCCN1C1CCCCCC1. The molecule has 1 saturated heterocycles. The summed E-state index contributed by atoms with van der Waals surface area (Å²) in [5.74, 6) is -0.0133. The topological polar surface area (TPSA) is 49.8 Å². The van der Waals surface area contributed by atoms with E-state index >= 15 is 0 Å². The van der Waals surface area contributed by atoms with Crippen molar-refractivity contribution in [3.8, 4) is 0 Å². The van der Waals surface area contributed by atoms with Crippen molar-refractivity contribution in [2.24, 2.45) is 0 Å². The van der Waals surface area contributed by atoms with E-state index in [2.05, 4.69) is 0 Å². The van der Waals surface area contributed by atoms with E-state index in [1.165, 1.54) is 25.7 Å². The van der Waals surface area contributed by atoms with Crippen LogP contribution in [0.3, 0.4) is 0 Å². The fourth-order valence-corrected chi connectivity index (χ4v) is 2.72. The summed E-state index contributed by atoms with van der Waals surface area (Å²) in [6.07, 6.45) is 6.64. The maximum absolute atomic E-state index is 12.0. The Hall–Kier alpha value is -0.610. The van der Waals surface area contributed by atoms with E-state index in [1.807, 2.05) is 4.90 Å². The first-order valence-corrected chi connectivity index (χ1v) is 6.36. The molecule has 0 bridgehead atoms. The van der Waals surface area contributed by atoms with Crippen molar-refractivity contribution < 1.29 is 14.6 Å². The summed E-state index contributed by atoms with van der Waals surface area (Å²) in [6, 6.07) is 0.382. The van der Waals surface area contributed by atoms with Gasteiger partial charge in [0.15, 0.2) is 6.10 Å². The molecule has 1 aliphatic carbocycles. The fraction of sp³-hybridized carbons (Fsp3) is 0.917. The average molecular weight is 227 g/mol. The number of rotatable bonds is 2. The monoisotopic (exact) mass is 227 g/mol. The van der Waals surface area contributed by atoms with E-state index in [9.17, 15) is 4.79 Å². The van der Waals surface area contributed by atoms with E-state index in [1.54, 1.807) is 0 Å². The van der Waals surface area contributed by atoms with Gasteiger partial charge in [0.1, 0.15) is 0 Å². The number of morpholine rings is 1. The molecule has 1 aliphatic heterocycles. The summed E-state index contributed by atoms with van der Waals surface area (Å²) in [5, 5.41) is 9.06. The van der Waals surface area contributed by atoms with Crippen LogP contribution in [0.15, 0.2) is 0 Å². The lowest BCUT2D eigenvalue weighted by Gasteiger charge is -2.37. The second kappa shape index (κ2) is 5.64. The second-order valence-corrected chi connectivity index (χ2v) is 4.72. The molecule has 92 valence electrons. The number of ether oxygens (including phenoxy) is 1. The molecule has 2 rings (SSSR count). The summed E-state index contributed by atoms with van der Waals surface area (Å²) >= 11 is 0. The molecule has 1 unspecified atom stereocenters. The highest BCUT2D eigenvalue weighted by molar-refractivity contribution is 5.82. The van der Waals surface area contributed by atoms with Crippen molar-refractivity contribution >= 4 is 5.91 Å². The third-order valence-electron chi connectivity index (χ3n) is 3.64. The summed E-state index contributed by atoms with van der Waals surface area (Å²) in [6.45, 7) is 1.06. The van der Waals surface area contributed by atoms with Crippen LogP contribution in [0.2, 0.25) is 0 Å². The summed E-state index contributed by atoms with van der Waals surface area (Å²) in [5.41, 5.74) is 0. The van der Waals surface area contributed by atoms with E-state index in [0.29, 0.717) is 19.2 Å². The highest BCUT2D eigenvalue weighted by atomic mass is 16.5. The molecule has 1 heterocycles. The van der Waals surface area contributed by atoms with Crippen molar-refractivity contribution in [2.45, 2.75) is 50.7 Å². The van der Waals surface area contributed by atoms with E-state index in [0.717, 1.165) is 12.8 Å². The van der Waals surface area contributed by atoms with Crippen LogP contribution >= 0.6 is 0 Å². The fourth-order valence-electron chi connectivity index (χ4n) is 2.72. The number of carbonyl (C=O) groups is 1. The molecule has 0 aromatic rings.